The van der Waals surface area contributed by atoms with Crippen LogP contribution in [-0.4, -0.2) is 15.8 Å². The topological polar surface area (TPSA) is 53.6 Å². The van der Waals surface area contributed by atoms with Crippen LogP contribution in [0.2, 0.25) is 0 Å². The molecule has 0 bridgehead atoms. The molecular weight excluding hydrogens is 164 g/mol. The minimum absolute atomic E-state index is 0.193. The second-order valence-electron chi connectivity index (χ2n) is 3.45. The molecule has 1 N–H and O–H groups in total. The Morgan fingerprint density at radius 3 is 3.00 bits per heavy atom. The van der Waals surface area contributed by atoms with Crippen molar-refractivity contribution in [3.63, 3.8) is 0 Å². The van der Waals surface area contributed by atoms with Crippen molar-refractivity contribution in [2.75, 3.05) is 0 Å². The zero-order valence-corrected chi connectivity index (χ0v) is 7.57. The summed E-state index contributed by atoms with van der Waals surface area (Å²) in [6, 6.07) is 2.59. The maximum atomic E-state index is 8.92. The van der Waals surface area contributed by atoms with Crippen LogP contribution in [0.25, 0.3) is 0 Å². The first-order chi connectivity index (χ1) is 6.29. The van der Waals surface area contributed by atoms with Gasteiger partial charge < -0.3 is 0 Å². The SMILES string of the molecule is Cn1cc(C(C#N)NC2CC2)cn1. The van der Waals surface area contributed by atoms with Crippen LogP contribution in [0.1, 0.15) is 24.4 Å². The Morgan fingerprint density at radius 2 is 2.54 bits per heavy atom. The van der Waals surface area contributed by atoms with Crippen LogP contribution in [0.15, 0.2) is 12.4 Å². The van der Waals surface area contributed by atoms with Crippen molar-refractivity contribution in [3.8, 4) is 6.07 Å². The average Bonchev–Trinajstić information content (AvgIpc) is 2.84. The summed E-state index contributed by atoms with van der Waals surface area (Å²) in [5, 5.41) is 16.2. The number of nitrogens with zero attached hydrogens (tertiary/aromatic N) is 3. The van der Waals surface area contributed by atoms with Crippen LogP contribution >= 0.6 is 0 Å². The first kappa shape index (κ1) is 8.27. The summed E-state index contributed by atoms with van der Waals surface area (Å²) in [7, 11) is 1.86. The molecule has 0 aromatic carbocycles. The van der Waals surface area contributed by atoms with E-state index in [0.29, 0.717) is 6.04 Å². The van der Waals surface area contributed by atoms with Gasteiger partial charge in [-0.15, -0.1) is 0 Å². The Balaban J connectivity index is 2.07. The summed E-state index contributed by atoms with van der Waals surface area (Å²) in [4.78, 5) is 0. The molecule has 1 unspecified atom stereocenters. The highest BCUT2D eigenvalue weighted by atomic mass is 15.2. The maximum absolute atomic E-state index is 8.92. The molecule has 0 spiro atoms. The molecule has 0 aliphatic heterocycles. The standard InChI is InChI=1S/C9H12N4/c1-13-6-7(5-11-13)9(4-10)12-8-2-3-8/h5-6,8-9,12H,2-3H2,1H3. The predicted molar refractivity (Wildman–Crippen MR) is 47.7 cm³/mol. The zero-order valence-electron chi connectivity index (χ0n) is 7.57. The summed E-state index contributed by atoms with van der Waals surface area (Å²) < 4.78 is 1.72. The second-order valence-corrected chi connectivity index (χ2v) is 3.45. The van der Waals surface area contributed by atoms with Crippen LogP contribution in [0.5, 0.6) is 0 Å². The quantitative estimate of drug-likeness (QED) is 0.739. The third kappa shape index (κ3) is 1.87. The van der Waals surface area contributed by atoms with Gasteiger partial charge in [0.05, 0.1) is 12.3 Å². The Labute approximate surface area is 77.2 Å². The molecular formula is C9H12N4. The summed E-state index contributed by atoms with van der Waals surface area (Å²) in [5.74, 6) is 0. The Morgan fingerprint density at radius 1 is 1.77 bits per heavy atom. The molecule has 1 aliphatic carbocycles. The van der Waals surface area contributed by atoms with Gasteiger partial charge in [-0.25, -0.2) is 0 Å². The number of hydrogen-bond donors (Lipinski definition) is 1. The Hall–Kier alpha value is -1.34. The van der Waals surface area contributed by atoms with Gasteiger partial charge in [0, 0.05) is 24.8 Å². The lowest BCUT2D eigenvalue weighted by Gasteiger charge is -2.06. The van der Waals surface area contributed by atoms with Crippen molar-refractivity contribution in [3.05, 3.63) is 18.0 Å². The lowest BCUT2D eigenvalue weighted by atomic mass is 10.2. The smallest absolute Gasteiger partial charge is 0.124 e. The van der Waals surface area contributed by atoms with Crippen molar-refractivity contribution in [1.29, 1.82) is 5.26 Å². The van der Waals surface area contributed by atoms with Crippen LogP contribution < -0.4 is 5.32 Å². The van der Waals surface area contributed by atoms with E-state index in [-0.39, 0.29) is 6.04 Å². The number of aromatic nitrogens is 2. The largest absolute Gasteiger partial charge is 0.295 e. The molecule has 68 valence electrons. The molecule has 1 fully saturated rings. The van der Waals surface area contributed by atoms with Crippen molar-refractivity contribution in [1.82, 2.24) is 15.1 Å². The molecule has 1 atom stereocenters. The van der Waals surface area contributed by atoms with Gasteiger partial charge in [-0.1, -0.05) is 0 Å². The molecule has 4 heteroatoms. The van der Waals surface area contributed by atoms with Crippen molar-refractivity contribution in [2.24, 2.45) is 7.05 Å². The van der Waals surface area contributed by atoms with Gasteiger partial charge in [0.1, 0.15) is 6.04 Å². The number of nitriles is 1. The van der Waals surface area contributed by atoms with E-state index in [4.69, 9.17) is 5.26 Å². The van der Waals surface area contributed by atoms with Crippen molar-refractivity contribution < 1.29 is 0 Å². The van der Waals surface area contributed by atoms with E-state index in [1.54, 1.807) is 10.9 Å². The Kier molecular flexibility index (Phi) is 2.03. The van der Waals surface area contributed by atoms with E-state index in [2.05, 4.69) is 16.5 Å². The minimum Gasteiger partial charge on any atom is -0.295 e. The van der Waals surface area contributed by atoms with Gasteiger partial charge in [-0.2, -0.15) is 10.4 Å². The maximum Gasteiger partial charge on any atom is 0.124 e. The average molecular weight is 176 g/mol. The van der Waals surface area contributed by atoms with Crippen LogP contribution in [0, 0.1) is 11.3 Å². The van der Waals surface area contributed by atoms with E-state index in [9.17, 15) is 0 Å². The van der Waals surface area contributed by atoms with E-state index in [0.717, 1.165) is 5.56 Å². The fourth-order valence-electron chi connectivity index (χ4n) is 1.28. The summed E-state index contributed by atoms with van der Waals surface area (Å²) in [5.41, 5.74) is 0.955. The molecule has 1 aromatic heterocycles. The lowest BCUT2D eigenvalue weighted by molar-refractivity contribution is 0.625. The molecule has 1 aliphatic rings. The van der Waals surface area contributed by atoms with Crippen LogP contribution in [-0.2, 0) is 7.05 Å². The molecule has 1 aromatic rings. The van der Waals surface area contributed by atoms with Gasteiger partial charge in [-0.05, 0) is 12.8 Å². The first-order valence-electron chi connectivity index (χ1n) is 4.44. The second kappa shape index (κ2) is 3.19. The monoisotopic (exact) mass is 176 g/mol. The molecule has 4 nitrogen and oxygen atoms in total. The number of rotatable bonds is 3. The highest BCUT2D eigenvalue weighted by Crippen LogP contribution is 2.23. The van der Waals surface area contributed by atoms with Crippen molar-refractivity contribution in [2.45, 2.75) is 24.9 Å². The molecule has 13 heavy (non-hydrogen) atoms. The number of aryl methyl sites for hydroxylation is 1. The summed E-state index contributed by atoms with van der Waals surface area (Å²) >= 11 is 0. The molecule has 1 saturated carbocycles. The van der Waals surface area contributed by atoms with E-state index >= 15 is 0 Å². The molecule has 1 heterocycles. The van der Waals surface area contributed by atoms with Gasteiger partial charge in [-0.3, -0.25) is 10.00 Å². The Bertz CT molecular complexity index is 332. The number of hydrogen-bond acceptors (Lipinski definition) is 3. The van der Waals surface area contributed by atoms with Gasteiger partial charge in [0.2, 0.25) is 0 Å². The number of nitrogens with one attached hydrogen (secondary N) is 1. The summed E-state index contributed by atoms with van der Waals surface area (Å²) in [6.45, 7) is 0. The van der Waals surface area contributed by atoms with Crippen molar-refractivity contribution >= 4 is 0 Å². The zero-order chi connectivity index (χ0) is 9.26. The van der Waals surface area contributed by atoms with Gasteiger partial charge in [0.25, 0.3) is 0 Å². The highest BCUT2D eigenvalue weighted by molar-refractivity contribution is 5.18. The van der Waals surface area contributed by atoms with Gasteiger partial charge in [0.15, 0.2) is 0 Å². The van der Waals surface area contributed by atoms with E-state index in [1.165, 1.54) is 12.8 Å². The predicted octanol–water partition coefficient (Wildman–Crippen LogP) is 0.737. The summed E-state index contributed by atoms with van der Waals surface area (Å²) in [6.07, 6.45) is 6.00. The molecule has 0 radical (unpaired) electrons. The molecule has 0 amide bonds. The molecule has 0 saturated heterocycles. The van der Waals surface area contributed by atoms with E-state index < -0.39 is 0 Å². The van der Waals surface area contributed by atoms with E-state index in [1.807, 2.05) is 13.2 Å². The van der Waals surface area contributed by atoms with Gasteiger partial charge >= 0.3 is 0 Å². The molecule has 2 rings (SSSR count). The third-order valence-corrected chi connectivity index (χ3v) is 2.17. The van der Waals surface area contributed by atoms with Crippen LogP contribution in [0.3, 0.4) is 0 Å². The lowest BCUT2D eigenvalue weighted by Crippen LogP contribution is -2.21. The third-order valence-electron chi connectivity index (χ3n) is 2.17. The van der Waals surface area contributed by atoms with Crippen LogP contribution in [0.4, 0.5) is 0 Å². The fourth-order valence-corrected chi connectivity index (χ4v) is 1.28. The fraction of sp³-hybridized carbons (Fsp3) is 0.556. The minimum atomic E-state index is -0.193. The first-order valence-corrected chi connectivity index (χ1v) is 4.44. The highest BCUT2D eigenvalue weighted by Gasteiger charge is 2.25. The normalized spacial score (nSPS) is 18.2.